The van der Waals surface area contributed by atoms with E-state index in [1.807, 2.05) is 0 Å². The van der Waals surface area contributed by atoms with Crippen LogP contribution in [0.5, 0.6) is 0 Å². The Hall–Kier alpha value is 0.340. The molecule has 17 heavy (non-hydrogen) atoms. The highest BCUT2D eigenvalue weighted by Gasteiger charge is 2.12. The van der Waals surface area contributed by atoms with Crippen molar-refractivity contribution in [1.29, 1.82) is 0 Å². The summed E-state index contributed by atoms with van der Waals surface area (Å²) >= 11 is 5.59. The highest BCUT2D eigenvalue weighted by molar-refractivity contribution is 14.1. The van der Waals surface area contributed by atoms with Gasteiger partial charge in [0.2, 0.25) is 10.0 Å². The van der Waals surface area contributed by atoms with Gasteiger partial charge in [-0.15, -0.1) is 0 Å². The lowest BCUT2D eigenvalue weighted by atomic mass is 10.3. The van der Waals surface area contributed by atoms with Gasteiger partial charge in [0, 0.05) is 11.0 Å². The average molecular weight is 432 g/mol. The molecule has 0 bridgehead atoms. The molecule has 1 aromatic rings. The molecule has 96 valence electrons. The van der Waals surface area contributed by atoms with Crippen LogP contribution < -0.4 is 4.72 Å². The maximum Gasteiger partial charge on any atom is 0.240 e. The van der Waals surface area contributed by atoms with Crippen molar-refractivity contribution in [3.8, 4) is 0 Å². The summed E-state index contributed by atoms with van der Waals surface area (Å²) in [7, 11) is -3.35. The smallest absolute Gasteiger partial charge is 0.211 e. The van der Waals surface area contributed by atoms with Gasteiger partial charge in [0.05, 0.1) is 4.90 Å². The number of hydrogen-bond donors (Lipinski definition) is 1. The molecule has 0 aliphatic heterocycles. The summed E-state index contributed by atoms with van der Waals surface area (Å²) in [5, 5.41) is 0. The van der Waals surface area contributed by atoms with Crippen molar-refractivity contribution >= 4 is 48.5 Å². The summed E-state index contributed by atoms with van der Waals surface area (Å²) in [4.78, 5) is 0.306. The number of alkyl halides is 1. The van der Waals surface area contributed by atoms with Gasteiger partial charge in [0.1, 0.15) is 0 Å². The van der Waals surface area contributed by atoms with Crippen molar-refractivity contribution in [2.75, 3.05) is 11.0 Å². The second kappa shape index (κ2) is 7.70. The number of benzene rings is 1. The molecule has 1 aromatic carbocycles. The van der Waals surface area contributed by atoms with Crippen LogP contribution in [0.2, 0.25) is 0 Å². The quantitative estimate of drug-likeness (QED) is 0.409. The lowest BCUT2D eigenvalue weighted by molar-refractivity contribution is 0.576. The highest BCUT2D eigenvalue weighted by atomic mass is 127. The second-order valence-corrected chi connectivity index (χ2v) is 7.37. The lowest BCUT2D eigenvalue weighted by Gasteiger charge is -2.06. The second-order valence-electron chi connectivity index (χ2n) is 3.60. The van der Waals surface area contributed by atoms with Crippen molar-refractivity contribution in [1.82, 2.24) is 4.72 Å². The number of nitrogens with one attached hydrogen (secondary N) is 1. The SMILES string of the molecule is O=S(=O)(NCCCCCI)c1cccc(Br)c1. The highest BCUT2D eigenvalue weighted by Crippen LogP contribution is 2.15. The minimum atomic E-state index is -3.35. The van der Waals surface area contributed by atoms with Crippen LogP contribution in [0.4, 0.5) is 0 Å². The van der Waals surface area contributed by atoms with Gasteiger partial charge in [-0.2, -0.15) is 0 Å². The molecule has 0 amide bonds. The molecule has 6 heteroatoms. The van der Waals surface area contributed by atoms with Crippen molar-refractivity contribution in [3.63, 3.8) is 0 Å². The Morgan fingerprint density at radius 2 is 2.00 bits per heavy atom. The third-order valence-corrected chi connectivity index (χ3v) is 4.92. The fraction of sp³-hybridized carbons (Fsp3) is 0.455. The molecule has 0 unspecified atom stereocenters. The fourth-order valence-corrected chi connectivity index (χ4v) is 3.53. The standard InChI is InChI=1S/C11H15BrINO2S/c12-10-5-4-6-11(9-10)17(15,16)14-8-3-1-2-7-13/h4-6,9,14H,1-3,7-8H2. The van der Waals surface area contributed by atoms with Crippen LogP contribution in [0, 0.1) is 0 Å². The van der Waals surface area contributed by atoms with Gasteiger partial charge in [-0.3, -0.25) is 0 Å². The zero-order chi connectivity index (χ0) is 12.7. The number of rotatable bonds is 7. The van der Waals surface area contributed by atoms with E-state index < -0.39 is 10.0 Å². The van der Waals surface area contributed by atoms with Crippen molar-refractivity contribution in [3.05, 3.63) is 28.7 Å². The van der Waals surface area contributed by atoms with Crippen LogP contribution >= 0.6 is 38.5 Å². The van der Waals surface area contributed by atoms with Crippen LogP contribution in [0.1, 0.15) is 19.3 Å². The first-order valence-corrected chi connectivity index (χ1v) is 9.17. The van der Waals surface area contributed by atoms with Crippen LogP contribution in [0.15, 0.2) is 33.6 Å². The first kappa shape index (κ1) is 15.4. The Morgan fingerprint density at radius 3 is 2.65 bits per heavy atom. The molecule has 0 heterocycles. The van der Waals surface area contributed by atoms with E-state index in [2.05, 4.69) is 43.2 Å². The number of halogens is 2. The summed E-state index contributed by atoms with van der Waals surface area (Å²) in [5.74, 6) is 0. The predicted octanol–water partition coefficient (Wildman–Crippen LogP) is 3.33. The van der Waals surface area contributed by atoms with Crippen LogP contribution in [-0.2, 0) is 10.0 Å². The summed E-state index contributed by atoms with van der Waals surface area (Å²) in [5.41, 5.74) is 0. The number of hydrogen-bond acceptors (Lipinski definition) is 2. The summed E-state index contributed by atoms with van der Waals surface area (Å²) in [6.07, 6.45) is 3.08. The molecule has 0 aliphatic carbocycles. The van der Waals surface area contributed by atoms with Gasteiger partial charge in [-0.05, 0) is 35.5 Å². The van der Waals surface area contributed by atoms with Gasteiger partial charge in [-0.25, -0.2) is 13.1 Å². The van der Waals surface area contributed by atoms with Gasteiger partial charge in [0.25, 0.3) is 0 Å². The van der Waals surface area contributed by atoms with E-state index in [9.17, 15) is 8.42 Å². The molecule has 0 saturated carbocycles. The van der Waals surface area contributed by atoms with Crippen molar-refractivity contribution < 1.29 is 8.42 Å². The Labute approximate surface area is 125 Å². The topological polar surface area (TPSA) is 46.2 Å². The Kier molecular flexibility index (Phi) is 6.98. The molecular formula is C11H15BrINO2S. The third-order valence-electron chi connectivity index (χ3n) is 2.21. The minimum Gasteiger partial charge on any atom is -0.211 e. The normalized spacial score (nSPS) is 11.6. The van der Waals surface area contributed by atoms with E-state index in [0.717, 1.165) is 28.2 Å². The summed E-state index contributed by atoms with van der Waals surface area (Å²) in [6.45, 7) is 0.505. The molecule has 0 fully saturated rings. The minimum absolute atomic E-state index is 0.306. The van der Waals surface area contributed by atoms with Crippen molar-refractivity contribution in [2.45, 2.75) is 24.2 Å². The number of sulfonamides is 1. The lowest BCUT2D eigenvalue weighted by Crippen LogP contribution is -2.24. The molecule has 0 aliphatic rings. The van der Waals surface area contributed by atoms with E-state index in [0.29, 0.717) is 11.4 Å². The van der Waals surface area contributed by atoms with E-state index in [1.54, 1.807) is 24.3 Å². The van der Waals surface area contributed by atoms with Gasteiger partial charge >= 0.3 is 0 Å². The molecule has 1 rings (SSSR count). The van der Waals surface area contributed by atoms with Gasteiger partial charge in [-0.1, -0.05) is 51.0 Å². The largest absolute Gasteiger partial charge is 0.240 e. The molecule has 0 atom stereocenters. The molecule has 0 aromatic heterocycles. The van der Waals surface area contributed by atoms with E-state index in [1.165, 1.54) is 0 Å². The van der Waals surface area contributed by atoms with Crippen LogP contribution in [0.3, 0.4) is 0 Å². The predicted molar refractivity (Wildman–Crippen MR) is 82.1 cm³/mol. The van der Waals surface area contributed by atoms with Gasteiger partial charge in [0.15, 0.2) is 0 Å². The molecule has 3 nitrogen and oxygen atoms in total. The third kappa shape index (κ3) is 5.67. The molecule has 0 radical (unpaired) electrons. The van der Waals surface area contributed by atoms with Crippen LogP contribution in [0.25, 0.3) is 0 Å². The zero-order valence-electron chi connectivity index (χ0n) is 9.33. The Balaban J connectivity index is 2.51. The summed E-state index contributed by atoms with van der Waals surface area (Å²) < 4.78 is 28.3. The molecule has 1 N–H and O–H groups in total. The number of unbranched alkanes of at least 4 members (excludes halogenated alkanes) is 2. The van der Waals surface area contributed by atoms with Crippen molar-refractivity contribution in [2.24, 2.45) is 0 Å². The summed E-state index contributed by atoms with van der Waals surface area (Å²) in [6, 6.07) is 6.72. The molecule has 0 spiro atoms. The van der Waals surface area contributed by atoms with Gasteiger partial charge < -0.3 is 0 Å². The Bertz CT molecular complexity index is 451. The van der Waals surface area contributed by atoms with E-state index in [4.69, 9.17) is 0 Å². The Morgan fingerprint density at radius 1 is 1.24 bits per heavy atom. The van der Waals surface area contributed by atoms with Crippen LogP contribution in [-0.4, -0.2) is 19.4 Å². The zero-order valence-corrected chi connectivity index (χ0v) is 13.9. The first-order chi connectivity index (χ1) is 8.06. The maximum absolute atomic E-state index is 11.9. The fourth-order valence-electron chi connectivity index (χ4n) is 1.32. The monoisotopic (exact) mass is 431 g/mol. The molecular weight excluding hydrogens is 417 g/mol. The maximum atomic E-state index is 11.9. The average Bonchev–Trinajstić information content (AvgIpc) is 2.29. The first-order valence-electron chi connectivity index (χ1n) is 5.37. The molecule has 0 saturated heterocycles. The van der Waals surface area contributed by atoms with E-state index >= 15 is 0 Å². The van der Waals surface area contributed by atoms with E-state index in [-0.39, 0.29) is 0 Å².